The van der Waals surface area contributed by atoms with E-state index in [0.29, 0.717) is 11.4 Å². The topological polar surface area (TPSA) is 57.7 Å². The molecule has 0 radical (unpaired) electrons. The summed E-state index contributed by atoms with van der Waals surface area (Å²) in [5.74, 6) is 1.24. The molecule has 3 rings (SSSR count). The summed E-state index contributed by atoms with van der Waals surface area (Å²) in [6.07, 6.45) is 3.75. The Labute approximate surface area is 148 Å². The summed E-state index contributed by atoms with van der Waals surface area (Å²) >= 11 is 0. The molecule has 25 heavy (non-hydrogen) atoms. The van der Waals surface area contributed by atoms with Crippen molar-refractivity contribution in [2.24, 2.45) is 7.05 Å². The number of fused-ring (bicyclic) bond motifs is 1. The van der Waals surface area contributed by atoms with E-state index in [0.717, 1.165) is 30.2 Å². The van der Waals surface area contributed by atoms with Gasteiger partial charge in [0.25, 0.3) is 0 Å². The fraction of sp³-hybridized carbons (Fsp3) is 0.250. The minimum Gasteiger partial charge on any atom is -0.372 e. The van der Waals surface area contributed by atoms with Crippen LogP contribution in [0.1, 0.15) is 25.2 Å². The summed E-state index contributed by atoms with van der Waals surface area (Å²) in [5, 5.41) is 9.54. The standard InChI is InChI=1S/C20H21N5/c1-4-25(5-2)17-10-8-15(9-11-17)13-16(14-21)19-22-18-7-6-12-24(3)20(18)23-19/h6-13H,4-5H2,1-3H3/b16-13+. The predicted molar refractivity (Wildman–Crippen MR) is 101 cm³/mol. The summed E-state index contributed by atoms with van der Waals surface area (Å²) in [6.45, 7) is 6.23. The quantitative estimate of drug-likeness (QED) is 0.667. The fourth-order valence-electron chi connectivity index (χ4n) is 2.86. The third-order valence-electron chi connectivity index (χ3n) is 4.26. The second-order valence-corrected chi connectivity index (χ2v) is 5.81. The van der Waals surface area contributed by atoms with Crippen molar-refractivity contribution in [2.45, 2.75) is 13.8 Å². The zero-order valence-corrected chi connectivity index (χ0v) is 14.8. The summed E-state index contributed by atoms with van der Waals surface area (Å²) in [4.78, 5) is 11.3. The van der Waals surface area contributed by atoms with Crippen molar-refractivity contribution in [2.75, 3.05) is 18.0 Å². The Morgan fingerprint density at radius 1 is 1.16 bits per heavy atom. The van der Waals surface area contributed by atoms with Gasteiger partial charge in [0, 0.05) is 32.0 Å². The number of hydrogen-bond acceptors (Lipinski definition) is 4. The van der Waals surface area contributed by atoms with E-state index in [1.165, 1.54) is 5.69 Å². The van der Waals surface area contributed by atoms with Crippen LogP contribution in [-0.4, -0.2) is 27.6 Å². The van der Waals surface area contributed by atoms with Crippen molar-refractivity contribution in [3.05, 3.63) is 54.0 Å². The molecule has 0 atom stereocenters. The van der Waals surface area contributed by atoms with Gasteiger partial charge in [0.2, 0.25) is 0 Å². The van der Waals surface area contributed by atoms with E-state index < -0.39 is 0 Å². The lowest BCUT2D eigenvalue weighted by Gasteiger charge is -2.20. The first kappa shape index (κ1) is 16.7. The predicted octanol–water partition coefficient (Wildman–Crippen LogP) is 3.83. The number of anilines is 1. The Balaban J connectivity index is 1.94. The van der Waals surface area contributed by atoms with Gasteiger partial charge >= 0.3 is 0 Å². The number of aromatic nitrogens is 3. The minimum absolute atomic E-state index is 0.465. The summed E-state index contributed by atoms with van der Waals surface area (Å²) in [7, 11) is 1.92. The van der Waals surface area contributed by atoms with Crippen LogP contribution in [0.4, 0.5) is 5.69 Å². The van der Waals surface area contributed by atoms with Crippen LogP contribution in [0.15, 0.2) is 42.6 Å². The van der Waals surface area contributed by atoms with E-state index >= 15 is 0 Å². The molecule has 0 saturated heterocycles. The molecule has 2 heterocycles. The van der Waals surface area contributed by atoms with Gasteiger partial charge in [0.1, 0.15) is 11.8 Å². The molecule has 5 nitrogen and oxygen atoms in total. The summed E-state index contributed by atoms with van der Waals surface area (Å²) in [6, 6.07) is 14.2. The smallest absolute Gasteiger partial charge is 0.173 e. The van der Waals surface area contributed by atoms with Crippen LogP contribution >= 0.6 is 0 Å². The van der Waals surface area contributed by atoms with Gasteiger partial charge in [-0.1, -0.05) is 12.1 Å². The summed E-state index contributed by atoms with van der Waals surface area (Å²) < 4.78 is 1.90. The van der Waals surface area contributed by atoms with Gasteiger partial charge in [0.15, 0.2) is 11.6 Å². The number of hydrogen-bond donors (Lipinski definition) is 0. The average molecular weight is 331 g/mol. The Bertz CT molecular complexity index is 895. The lowest BCUT2D eigenvalue weighted by atomic mass is 10.1. The van der Waals surface area contributed by atoms with Crippen molar-refractivity contribution in [1.82, 2.24) is 14.5 Å². The van der Waals surface area contributed by atoms with Crippen LogP contribution in [0, 0.1) is 11.3 Å². The van der Waals surface area contributed by atoms with E-state index in [9.17, 15) is 5.26 Å². The Kier molecular flexibility index (Phi) is 4.80. The van der Waals surface area contributed by atoms with Crippen LogP contribution < -0.4 is 4.90 Å². The number of rotatable bonds is 5. The van der Waals surface area contributed by atoms with Crippen molar-refractivity contribution < 1.29 is 0 Å². The molecule has 2 aliphatic heterocycles. The number of nitriles is 1. The maximum absolute atomic E-state index is 9.54. The van der Waals surface area contributed by atoms with Gasteiger partial charge in [-0.15, -0.1) is 0 Å². The number of imidazole rings is 1. The average Bonchev–Trinajstić information content (AvgIpc) is 3.07. The SMILES string of the molecule is CCN(CC)c1ccc(/C=C(\C#N)c2nc3cccn(C)c-3n2)cc1. The van der Waals surface area contributed by atoms with Crippen LogP contribution in [0.25, 0.3) is 23.2 Å². The van der Waals surface area contributed by atoms with Gasteiger partial charge in [-0.3, -0.25) is 0 Å². The van der Waals surface area contributed by atoms with Gasteiger partial charge in [0.05, 0.1) is 5.57 Å². The van der Waals surface area contributed by atoms with Crippen LogP contribution in [0.3, 0.4) is 0 Å². The highest BCUT2D eigenvalue weighted by Gasteiger charge is 2.15. The molecule has 5 heteroatoms. The normalized spacial score (nSPS) is 11.5. The molecule has 0 aromatic heterocycles. The zero-order chi connectivity index (χ0) is 17.8. The molecular formula is C20H21N5. The van der Waals surface area contributed by atoms with Crippen LogP contribution in [0.2, 0.25) is 0 Å². The second-order valence-electron chi connectivity index (χ2n) is 5.81. The first-order valence-corrected chi connectivity index (χ1v) is 8.42. The van der Waals surface area contributed by atoms with Crippen LogP contribution in [0.5, 0.6) is 0 Å². The number of allylic oxidation sites excluding steroid dienone is 1. The molecule has 0 unspecified atom stereocenters. The van der Waals surface area contributed by atoms with Crippen molar-refractivity contribution in [3.63, 3.8) is 0 Å². The highest BCUT2D eigenvalue weighted by Crippen LogP contribution is 2.23. The molecule has 0 aliphatic carbocycles. The minimum atomic E-state index is 0.465. The highest BCUT2D eigenvalue weighted by molar-refractivity contribution is 5.88. The van der Waals surface area contributed by atoms with Gasteiger partial charge in [-0.2, -0.15) is 5.26 Å². The number of aryl methyl sites for hydroxylation is 1. The lowest BCUT2D eigenvalue weighted by molar-refractivity contribution is 0.866. The largest absolute Gasteiger partial charge is 0.372 e. The van der Waals surface area contributed by atoms with E-state index in [1.807, 2.05) is 48.2 Å². The Hall–Kier alpha value is -3.13. The lowest BCUT2D eigenvalue weighted by Crippen LogP contribution is -2.21. The molecule has 1 aromatic carbocycles. The van der Waals surface area contributed by atoms with Crippen LogP contribution in [-0.2, 0) is 7.05 Å². The van der Waals surface area contributed by atoms with E-state index in [-0.39, 0.29) is 0 Å². The van der Waals surface area contributed by atoms with Gasteiger partial charge < -0.3 is 9.47 Å². The van der Waals surface area contributed by atoms with E-state index in [1.54, 1.807) is 0 Å². The molecular weight excluding hydrogens is 310 g/mol. The molecule has 1 aromatic rings. The molecule has 0 N–H and O–H groups in total. The monoisotopic (exact) mass is 331 g/mol. The molecule has 0 bridgehead atoms. The molecule has 0 fully saturated rings. The fourth-order valence-corrected chi connectivity index (χ4v) is 2.86. The Morgan fingerprint density at radius 2 is 1.88 bits per heavy atom. The summed E-state index contributed by atoms with van der Waals surface area (Å²) in [5.41, 5.74) is 3.40. The van der Waals surface area contributed by atoms with Crippen molar-refractivity contribution >= 4 is 17.3 Å². The first-order chi connectivity index (χ1) is 12.2. The number of benzene rings is 1. The molecule has 126 valence electrons. The van der Waals surface area contributed by atoms with Gasteiger partial charge in [-0.25, -0.2) is 9.97 Å². The van der Waals surface area contributed by atoms with Crippen molar-refractivity contribution in [1.29, 1.82) is 5.26 Å². The third kappa shape index (κ3) is 3.38. The van der Waals surface area contributed by atoms with Crippen molar-refractivity contribution in [3.8, 4) is 17.6 Å². The zero-order valence-electron chi connectivity index (χ0n) is 14.8. The van der Waals surface area contributed by atoms with E-state index in [2.05, 4.69) is 46.9 Å². The first-order valence-electron chi connectivity index (χ1n) is 8.42. The maximum atomic E-state index is 9.54. The Morgan fingerprint density at radius 3 is 2.48 bits per heavy atom. The highest BCUT2D eigenvalue weighted by atomic mass is 15.1. The molecule has 2 aliphatic rings. The number of pyridine rings is 1. The molecule has 0 saturated carbocycles. The number of nitrogens with zero attached hydrogens (tertiary/aromatic N) is 5. The van der Waals surface area contributed by atoms with Gasteiger partial charge in [-0.05, 0) is 49.8 Å². The maximum Gasteiger partial charge on any atom is 0.173 e. The third-order valence-corrected chi connectivity index (χ3v) is 4.26. The second kappa shape index (κ2) is 7.18. The molecule has 0 spiro atoms. The molecule has 0 amide bonds. The van der Waals surface area contributed by atoms with E-state index in [4.69, 9.17) is 0 Å².